The predicted molar refractivity (Wildman–Crippen MR) is 70.7 cm³/mol. The Bertz CT molecular complexity index is 369. The van der Waals surface area contributed by atoms with Gasteiger partial charge in [-0.3, -0.25) is 0 Å². The molecular formula is C14H17NS. The average molecular weight is 231 g/mol. The van der Waals surface area contributed by atoms with Gasteiger partial charge in [0.25, 0.3) is 0 Å². The van der Waals surface area contributed by atoms with Crippen molar-refractivity contribution in [2.24, 2.45) is 0 Å². The Labute approximate surface area is 102 Å². The van der Waals surface area contributed by atoms with Crippen LogP contribution in [0.3, 0.4) is 0 Å². The molecular weight excluding hydrogens is 214 g/mol. The van der Waals surface area contributed by atoms with Gasteiger partial charge in [-0.2, -0.15) is 0 Å². The summed E-state index contributed by atoms with van der Waals surface area (Å²) in [5.74, 6) is 2.88. The molecule has 1 aliphatic rings. The highest BCUT2D eigenvalue weighted by Crippen LogP contribution is 2.38. The highest BCUT2D eigenvalue weighted by molar-refractivity contribution is 8.00. The molecule has 0 saturated heterocycles. The SMILES string of the molecule is C#CC(NCCC)C1Cc2ccccc2S1. The third-order valence-electron chi connectivity index (χ3n) is 2.84. The lowest BCUT2D eigenvalue weighted by atomic mass is 10.1. The van der Waals surface area contributed by atoms with E-state index in [4.69, 9.17) is 6.42 Å². The lowest BCUT2D eigenvalue weighted by Crippen LogP contribution is -2.37. The number of thioether (sulfide) groups is 1. The van der Waals surface area contributed by atoms with Crippen molar-refractivity contribution in [3.8, 4) is 12.3 Å². The first-order valence-electron chi connectivity index (χ1n) is 5.79. The van der Waals surface area contributed by atoms with Crippen molar-refractivity contribution in [1.82, 2.24) is 5.32 Å². The van der Waals surface area contributed by atoms with Gasteiger partial charge < -0.3 is 5.32 Å². The van der Waals surface area contributed by atoms with Crippen molar-refractivity contribution in [3.05, 3.63) is 29.8 Å². The van der Waals surface area contributed by atoms with Crippen LogP contribution in [0.4, 0.5) is 0 Å². The Morgan fingerprint density at radius 3 is 3.06 bits per heavy atom. The third kappa shape index (κ3) is 2.42. The smallest absolute Gasteiger partial charge is 0.0813 e. The largest absolute Gasteiger partial charge is 0.303 e. The zero-order chi connectivity index (χ0) is 11.4. The summed E-state index contributed by atoms with van der Waals surface area (Å²) in [7, 11) is 0. The van der Waals surface area contributed by atoms with Gasteiger partial charge in [-0.25, -0.2) is 0 Å². The second-order valence-electron chi connectivity index (χ2n) is 4.07. The molecule has 0 amide bonds. The zero-order valence-corrected chi connectivity index (χ0v) is 10.4. The Kier molecular flexibility index (Phi) is 3.93. The van der Waals surface area contributed by atoms with Crippen molar-refractivity contribution >= 4 is 11.8 Å². The van der Waals surface area contributed by atoms with Gasteiger partial charge in [-0.05, 0) is 31.0 Å². The number of nitrogens with one attached hydrogen (secondary N) is 1. The molecule has 0 fully saturated rings. The average Bonchev–Trinajstić information content (AvgIpc) is 2.73. The van der Waals surface area contributed by atoms with Crippen LogP contribution in [0.2, 0.25) is 0 Å². The minimum Gasteiger partial charge on any atom is -0.303 e. The first-order valence-corrected chi connectivity index (χ1v) is 6.67. The molecule has 2 atom stereocenters. The summed E-state index contributed by atoms with van der Waals surface area (Å²) in [5.41, 5.74) is 1.44. The lowest BCUT2D eigenvalue weighted by molar-refractivity contribution is 0.581. The van der Waals surface area contributed by atoms with E-state index < -0.39 is 0 Å². The summed E-state index contributed by atoms with van der Waals surface area (Å²) in [4.78, 5) is 1.39. The zero-order valence-electron chi connectivity index (χ0n) is 9.57. The van der Waals surface area contributed by atoms with Crippen molar-refractivity contribution in [1.29, 1.82) is 0 Å². The number of benzene rings is 1. The van der Waals surface area contributed by atoms with Gasteiger partial charge in [0, 0.05) is 10.1 Å². The first-order chi connectivity index (χ1) is 7.85. The molecule has 0 radical (unpaired) electrons. The second-order valence-corrected chi connectivity index (χ2v) is 5.35. The van der Waals surface area contributed by atoms with Crippen molar-refractivity contribution in [2.45, 2.75) is 36.0 Å². The van der Waals surface area contributed by atoms with Gasteiger partial charge in [-0.1, -0.05) is 31.0 Å². The van der Waals surface area contributed by atoms with E-state index in [-0.39, 0.29) is 6.04 Å². The highest BCUT2D eigenvalue weighted by atomic mass is 32.2. The van der Waals surface area contributed by atoms with E-state index in [0.717, 1.165) is 19.4 Å². The van der Waals surface area contributed by atoms with Gasteiger partial charge in [0.1, 0.15) is 0 Å². The van der Waals surface area contributed by atoms with Crippen LogP contribution in [0, 0.1) is 12.3 Å². The molecule has 0 aliphatic carbocycles. The number of rotatable bonds is 4. The van der Waals surface area contributed by atoms with Crippen LogP contribution in [0.1, 0.15) is 18.9 Å². The predicted octanol–water partition coefficient (Wildman–Crippen LogP) is 2.70. The van der Waals surface area contributed by atoms with Crippen LogP contribution >= 0.6 is 11.8 Å². The number of fused-ring (bicyclic) bond motifs is 1. The molecule has 1 nitrogen and oxygen atoms in total. The molecule has 2 rings (SSSR count). The van der Waals surface area contributed by atoms with Gasteiger partial charge in [0.05, 0.1) is 6.04 Å². The number of terminal acetylenes is 1. The summed E-state index contributed by atoms with van der Waals surface area (Å²) in [6.07, 6.45) is 7.82. The van der Waals surface area contributed by atoms with Crippen molar-refractivity contribution < 1.29 is 0 Å². The van der Waals surface area contributed by atoms with Gasteiger partial charge in [-0.15, -0.1) is 18.2 Å². The van der Waals surface area contributed by atoms with E-state index in [2.05, 4.69) is 42.4 Å². The molecule has 0 saturated carbocycles. The Morgan fingerprint density at radius 1 is 1.56 bits per heavy atom. The molecule has 2 unspecified atom stereocenters. The fourth-order valence-corrected chi connectivity index (χ4v) is 3.35. The molecule has 1 aromatic carbocycles. The van der Waals surface area contributed by atoms with Crippen LogP contribution in [-0.2, 0) is 6.42 Å². The van der Waals surface area contributed by atoms with E-state index in [1.807, 2.05) is 11.8 Å². The minimum atomic E-state index is 0.192. The lowest BCUT2D eigenvalue weighted by Gasteiger charge is -2.18. The molecule has 0 bridgehead atoms. The maximum atomic E-state index is 5.60. The molecule has 0 spiro atoms. The normalized spacial score (nSPS) is 20.1. The number of hydrogen-bond donors (Lipinski definition) is 1. The van der Waals surface area contributed by atoms with Crippen LogP contribution in [0.15, 0.2) is 29.2 Å². The Hall–Kier alpha value is -0.910. The topological polar surface area (TPSA) is 12.0 Å². The van der Waals surface area contributed by atoms with E-state index in [1.54, 1.807) is 0 Å². The van der Waals surface area contributed by atoms with Crippen LogP contribution in [-0.4, -0.2) is 17.8 Å². The van der Waals surface area contributed by atoms with Crippen LogP contribution < -0.4 is 5.32 Å². The standard InChI is InChI=1S/C14H17NS/c1-3-9-15-12(4-2)14-10-11-7-5-6-8-13(11)16-14/h2,5-8,12,14-15H,3,9-10H2,1H3. The van der Waals surface area contributed by atoms with E-state index >= 15 is 0 Å². The quantitative estimate of drug-likeness (QED) is 0.800. The van der Waals surface area contributed by atoms with E-state index in [0.29, 0.717) is 5.25 Å². The summed E-state index contributed by atoms with van der Waals surface area (Å²) < 4.78 is 0. The maximum Gasteiger partial charge on any atom is 0.0813 e. The second kappa shape index (κ2) is 5.43. The first kappa shape index (κ1) is 11.6. The molecule has 2 heteroatoms. The van der Waals surface area contributed by atoms with Gasteiger partial charge in [0.2, 0.25) is 0 Å². The summed E-state index contributed by atoms with van der Waals surface area (Å²) in [5, 5.41) is 3.93. The summed E-state index contributed by atoms with van der Waals surface area (Å²) >= 11 is 1.91. The number of hydrogen-bond acceptors (Lipinski definition) is 2. The molecule has 1 heterocycles. The molecule has 1 aliphatic heterocycles. The fourth-order valence-electron chi connectivity index (χ4n) is 1.99. The van der Waals surface area contributed by atoms with Crippen molar-refractivity contribution in [2.75, 3.05) is 6.54 Å². The molecule has 1 aromatic rings. The molecule has 1 N–H and O–H groups in total. The minimum absolute atomic E-state index is 0.192. The molecule has 84 valence electrons. The third-order valence-corrected chi connectivity index (χ3v) is 4.23. The van der Waals surface area contributed by atoms with Crippen LogP contribution in [0.5, 0.6) is 0 Å². The molecule has 16 heavy (non-hydrogen) atoms. The maximum absolute atomic E-state index is 5.60. The monoisotopic (exact) mass is 231 g/mol. The summed E-state index contributed by atoms with van der Waals surface area (Å²) in [6, 6.07) is 8.78. The van der Waals surface area contributed by atoms with Crippen molar-refractivity contribution in [3.63, 3.8) is 0 Å². The Balaban J connectivity index is 2.02. The van der Waals surface area contributed by atoms with Gasteiger partial charge in [0.15, 0.2) is 0 Å². The van der Waals surface area contributed by atoms with Gasteiger partial charge >= 0.3 is 0 Å². The fraction of sp³-hybridized carbons (Fsp3) is 0.429. The van der Waals surface area contributed by atoms with E-state index in [1.165, 1.54) is 10.5 Å². The molecule has 0 aromatic heterocycles. The highest BCUT2D eigenvalue weighted by Gasteiger charge is 2.27. The summed E-state index contributed by atoms with van der Waals surface area (Å²) in [6.45, 7) is 3.17. The Morgan fingerprint density at radius 2 is 2.38 bits per heavy atom. The van der Waals surface area contributed by atoms with Crippen LogP contribution in [0.25, 0.3) is 0 Å². The van der Waals surface area contributed by atoms with E-state index in [9.17, 15) is 0 Å².